The number of pyridine rings is 2. The quantitative estimate of drug-likeness (QED) is 0.128. The molecule has 0 spiro atoms. The number of furan rings is 1. The largest absolute Gasteiger partial charge is 0.500 e. The zero-order valence-corrected chi connectivity index (χ0v) is 34.4. The average molecular weight is 882 g/mol. The van der Waals surface area contributed by atoms with Crippen molar-refractivity contribution in [2.75, 3.05) is 0 Å². The predicted octanol–water partition coefficient (Wildman–Crippen LogP) is 11.6. The average Bonchev–Trinajstić information content (AvgIpc) is 3.42. The summed E-state index contributed by atoms with van der Waals surface area (Å²) in [5.41, 5.74) is 14.8. The van der Waals surface area contributed by atoms with Crippen LogP contribution in [-0.4, -0.2) is 23.2 Å². The molecule has 0 bridgehead atoms. The molecule has 7 aromatic rings. The Labute approximate surface area is 307 Å². The van der Waals surface area contributed by atoms with Gasteiger partial charge in [-0.05, 0) is 59.8 Å². The second-order valence-corrected chi connectivity index (χ2v) is 24.8. The monoisotopic (exact) mass is 883 g/mol. The van der Waals surface area contributed by atoms with Gasteiger partial charge in [0, 0.05) is 31.7 Å². The molecule has 7 rings (SSSR count). The van der Waals surface area contributed by atoms with E-state index in [9.17, 15) is 0 Å². The Balaban J connectivity index is 0.000000212. The second kappa shape index (κ2) is 15.0. The number of hydrogen-bond acceptors (Lipinski definition) is 3. The standard InChI is InChI=1S/C28H24NO.C16H20GeN.Ir/c1-17(2)20-12-13-29-25(15-20)21-9-11-26-24(14-21)23-10-8-22(16-27(23)30-26)28-18(3)6-5-7-19(28)4;1-12-8-6-7-9-14(12)16-10-13(2)15(11-18-16)17(3,4)5;/h5-8,10-17H,1-4H3;6-8,10-11H,1-5H3;/q2*-1;. The Morgan fingerprint density at radius 3 is 2.10 bits per heavy atom. The molecule has 0 amide bonds. The maximum absolute atomic E-state index is 6.20. The van der Waals surface area contributed by atoms with Gasteiger partial charge in [-0.25, -0.2) is 0 Å². The van der Waals surface area contributed by atoms with E-state index in [1.807, 2.05) is 24.4 Å². The van der Waals surface area contributed by atoms with Crippen molar-refractivity contribution in [3.63, 3.8) is 0 Å². The van der Waals surface area contributed by atoms with Crippen LogP contribution in [0, 0.1) is 39.8 Å². The summed E-state index contributed by atoms with van der Waals surface area (Å²) in [6, 6.07) is 36.2. The molecular formula is C44H44GeIrN2O-2. The first kappa shape index (κ1) is 36.5. The van der Waals surface area contributed by atoms with E-state index in [1.54, 1.807) is 0 Å². The van der Waals surface area contributed by atoms with Crippen molar-refractivity contribution in [3.8, 4) is 33.6 Å². The first-order valence-electron chi connectivity index (χ1n) is 16.8. The number of rotatable bonds is 5. The van der Waals surface area contributed by atoms with Gasteiger partial charge in [0.1, 0.15) is 5.58 Å². The Morgan fingerprint density at radius 1 is 0.694 bits per heavy atom. The van der Waals surface area contributed by atoms with Crippen molar-refractivity contribution >= 4 is 39.6 Å². The molecule has 5 heteroatoms. The number of fused-ring (bicyclic) bond motifs is 3. The number of hydrogen-bond donors (Lipinski definition) is 0. The maximum atomic E-state index is 6.20. The fourth-order valence-electron chi connectivity index (χ4n) is 6.52. The summed E-state index contributed by atoms with van der Waals surface area (Å²) in [5.74, 6) is 7.69. The molecule has 0 fully saturated rings. The van der Waals surface area contributed by atoms with Crippen molar-refractivity contribution in [1.29, 1.82) is 0 Å². The SMILES string of the molecule is Cc1ccc[c-]c1-c1cc(C)[c]([Ge]([CH3])([CH3])[CH3])cn1.Cc1cccc(C)c1-c1ccc2c(c1)oc1c[c-]c(-c3cc(C(C)C)ccn3)cc12.[Ir]. The molecule has 0 unspecified atom stereocenters. The van der Waals surface area contributed by atoms with Crippen LogP contribution in [-0.2, 0) is 20.1 Å². The summed E-state index contributed by atoms with van der Waals surface area (Å²) in [5, 5.41) is 2.22. The van der Waals surface area contributed by atoms with Crippen LogP contribution in [0.4, 0.5) is 0 Å². The number of benzene rings is 4. The van der Waals surface area contributed by atoms with Crippen molar-refractivity contribution in [2.45, 2.75) is 64.7 Å². The molecule has 4 aromatic carbocycles. The molecule has 3 heterocycles. The Kier molecular flexibility index (Phi) is 11.1. The Morgan fingerprint density at radius 2 is 1.43 bits per heavy atom. The van der Waals surface area contributed by atoms with Crippen molar-refractivity contribution < 1.29 is 24.5 Å². The summed E-state index contributed by atoms with van der Waals surface area (Å²) >= 11 is -1.79. The van der Waals surface area contributed by atoms with E-state index in [-0.39, 0.29) is 20.1 Å². The van der Waals surface area contributed by atoms with Crippen molar-refractivity contribution in [1.82, 2.24) is 9.97 Å². The molecule has 0 aliphatic rings. The van der Waals surface area contributed by atoms with Gasteiger partial charge in [-0.15, -0.1) is 23.8 Å². The van der Waals surface area contributed by atoms with Gasteiger partial charge in [0.05, 0.1) is 5.58 Å². The normalized spacial score (nSPS) is 11.4. The summed E-state index contributed by atoms with van der Waals surface area (Å²) < 4.78 is 7.69. The topological polar surface area (TPSA) is 38.9 Å². The number of aromatic nitrogens is 2. The zero-order valence-electron chi connectivity index (χ0n) is 30.0. The number of aryl methyl sites for hydroxylation is 4. The predicted molar refractivity (Wildman–Crippen MR) is 206 cm³/mol. The smallest absolute Gasteiger partial charge is 0.121 e. The van der Waals surface area contributed by atoms with Gasteiger partial charge in [-0.3, -0.25) is 0 Å². The molecule has 0 saturated heterocycles. The van der Waals surface area contributed by atoms with Gasteiger partial charge in [0.15, 0.2) is 0 Å². The molecule has 49 heavy (non-hydrogen) atoms. The summed E-state index contributed by atoms with van der Waals surface area (Å²) in [6.45, 7) is 13.0. The van der Waals surface area contributed by atoms with E-state index in [0.29, 0.717) is 5.92 Å². The molecule has 0 atom stereocenters. The molecule has 1 radical (unpaired) electrons. The van der Waals surface area contributed by atoms with Crippen LogP contribution in [0.3, 0.4) is 0 Å². The third kappa shape index (κ3) is 7.83. The van der Waals surface area contributed by atoms with E-state index < -0.39 is 13.3 Å². The fraction of sp³-hybridized carbons (Fsp3) is 0.227. The van der Waals surface area contributed by atoms with Crippen LogP contribution in [0.25, 0.3) is 55.6 Å². The first-order valence-corrected chi connectivity index (χ1v) is 24.1. The van der Waals surface area contributed by atoms with E-state index in [2.05, 4.69) is 154 Å². The minimum absolute atomic E-state index is 0. The molecular weight excluding hydrogens is 837 g/mol. The van der Waals surface area contributed by atoms with Gasteiger partial charge in [0.2, 0.25) is 0 Å². The second-order valence-electron chi connectivity index (χ2n) is 14.2. The number of nitrogens with zero attached hydrogens (tertiary/aromatic N) is 2. The zero-order chi connectivity index (χ0) is 34.2. The molecule has 0 saturated carbocycles. The van der Waals surface area contributed by atoms with Gasteiger partial charge in [-0.1, -0.05) is 61.2 Å². The Bertz CT molecular complexity index is 2240. The van der Waals surface area contributed by atoms with Crippen LogP contribution in [0.5, 0.6) is 0 Å². The van der Waals surface area contributed by atoms with Crippen LogP contribution in [0.2, 0.25) is 17.3 Å². The van der Waals surface area contributed by atoms with E-state index >= 15 is 0 Å². The maximum Gasteiger partial charge on any atom is 0.121 e. The molecule has 251 valence electrons. The van der Waals surface area contributed by atoms with Crippen LogP contribution in [0.15, 0.2) is 102 Å². The van der Waals surface area contributed by atoms with Gasteiger partial charge < -0.3 is 9.40 Å². The van der Waals surface area contributed by atoms with Crippen LogP contribution in [0.1, 0.15) is 47.6 Å². The van der Waals surface area contributed by atoms with Gasteiger partial charge in [0.25, 0.3) is 0 Å². The van der Waals surface area contributed by atoms with Gasteiger partial charge >= 0.3 is 113 Å². The Hall–Kier alpha value is -3.83. The molecule has 3 nitrogen and oxygen atoms in total. The summed E-state index contributed by atoms with van der Waals surface area (Å²) in [7, 11) is 0. The minimum atomic E-state index is -1.79. The van der Waals surface area contributed by atoms with Crippen molar-refractivity contribution in [2.24, 2.45) is 0 Å². The summed E-state index contributed by atoms with van der Waals surface area (Å²) in [4.78, 5) is 9.23. The van der Waals surface area contributed by atoms with Crippen LogP contribution < -0.4 is 4.40 Å². The van der Waals surface area contributed by atoms with E-state index in [1.165, 1.54) is 43.3 Å². The first-order chi connectivity index (χ1) is 22.9. The molecule has 0 aliphatic carbocycles. The van der Waals surface area contributed by atoms with E-state index in [0.717, 1.165) is 44.5 Å². The molecule has 3 aromatic heterocycles. The third-order valence-electron chi connectivity index (χ3n) is 9.14. The van der Waals surface area contributed by atoms with Crippen LogP contribution >= 0.6 is 0 Å². The van der Waals surface area contributed by atoms with E-state index in [4.69, 9.17) is 4.42 Å². The molecule has 0 N–H and O–H groups in total. The molecule has 0 aliphatic heterocycles. The summed E-state index contributed by atoms with van der Waals surface area (Å²) in [6.07, 6.45) is 3.97. The van der Waals surface area contributed by atoms with Gasteiger partial charge in [-0.2, -0.15) is 0 Å². The third-order valence-corrected chi connectivity index (χ3v) is 13.6. The minimum Gasteiger partial charge on any atom is -0.500 e. The van der Waals surface area contributed by atoms with Crippen molar-refractivity contribution in [3.05, 3.63) is 137 Å². The fourth-order valence-corrected chi connectivity index (χ4v) is 10.1.